The Morgan fingerprint density at radius 3 is 1.84 bits per heavy atom. The van der Waals surface area contributed by atoms with Gasteiger partial charge in [-0.15, -0.1) is 0 Å². The fourth-order valence-corrected chi connectivity index (χ4v) is 6.21. The van der Waals surface area contributed by atoms with Crippen LogP contribution in [0.1, 0.15) is 5.56 Å². The van der Waals surface area contributed by atoms with Gasteiger partial charge in [0.1, 0.15) is 21.5 Å². The molecular formula is C29H24O6S2. The number of aryl methyl sites for hydroxylation is 1. The smallest absolute Gasteiger partial charge is 0.339 e. The molecule has 0 saturated carbocycles. The van der Waals surface area contributed by atoms with Crippen LogP contribution in [-0.4, -0.2) is 20.1 Å². The van der Waals surface area contributed by atoms with Gasteiger partial charge in [-0.25, -0.2) is 13.2 Å². The number of ether oxygens (including phenoxy) is 1. The van der Waals surface area contributed by atoms with E-state index in [4.69, 9.17) is 9.15 Å². The third kappa shape index (κ3) is 6.48. The average Bonchev–Trinajstić information content (AvgIpc) is 2.89. The van der Waals surface area contributed by atoms with Gasteiger partial charge in [-0.1, -0.05) is 54.1 Å². The summed E-state index contributed by atoms with van der Waals surface area (Å²) in [5, 5.41) is 0.792. The fourth-order valence-electron chi connectivity index (χ4n) is 3.64. The third-order valence-corrected chi connectivity index (χ3v) is 8.46. The molecule has 1 heterocycles. The summed E-state index contributed by atoms with van der Waals surface area (Å²) in [6.07, 6.45) is 0. The number of hydrogen-bond acceptors (Lipinski definition) is 6. The zero-order valence-electron chi connectivity index (χ0n) is 20.2. The van der Waals surface area contributed by atoms with Crippen molar-refractivity contribution in [1.82, 2.24) is 0 Å². The van der Waals surface area contributed by atoms with Crippen molar-refractivity contribution in [2.75, 3.05) is 7.11 Å². The minimum Gasteiger partial charge on any atom is -0.744 e. The zero-order valence-corrected chi connectivity index (χ0v) is 21.8. The van der Waals surface area contributed by atoms with Gasteiger partial charge in [0, 0.05) is 6.07 Å². The van der Waals surface area contributed by atoms with Crippen molar-refractivity contribution in [2.45, 2.75) is 26.5 Å². The molecule has 0 aliphatic rings. The molecule has 0 fully saturated rings. The fraction of sp³-hybridized carbons (Fsp3) is 0.0690. The number of methoxy groups -OCH3 is 1. The molecule has 0 N–H and O–H groups in total. The predicted molar refractivity (Wildman–Crippen MR) is 143 cm³/mol. The summed E-state index contributed by atoms with van der Waals surface area (Å²) in [7, 11) is -3.00. The van der Waals surface area contributed by atoms with Crippen molar-refractivity contribution in [3.63, 3.8) is 0 Å². The van der Waals surface area contributed by atoms with Crippen molar-refractivity contribution in [3.05, 3.63) is 125 Å². The van der Waals surface area contributed by atoms with Crippen molar-refractivity contribution < 1.29 is 22.1 Å². The Morgan fingerprint density at radius 1 is 0.757 bits per heavy atom. The largest absolute Gasteiger partial charge is 0.744 e. The first-order valence-corrected chi connectivity index (χ1v) is 13.9. The molecule has 5 aromatic rings. The number of hydrogen-bond donors (Lipinski definition) is 0. The van der Waals surface area contributed by atoms with Gasteiger partial charge in [0.15, 0.2) is 14.7 Å². The Bertz CT molecular complexity index is 1610. The summed E-state index contributed by atoms with van der Waals surface area (Å²) in [6, 6.07) is 33.8. The molecular weight excluding hydrogens is 508 g/mol. The Kier molecular flexibility index (Phi) is 8.13. The van der Waals surface area contributed by atoms with Crippen LogP contribution in [0.5, 0.6) is 5.75 Å². The molecule has 1 aromatic heterocycles. The summed E-state index contributed by atoms with van der Waals surface area (Å²) < 4.78 is 41.9. The first-order chi connectivity index (χ1) is 17.8. The van der Waals surface area contributed by atoms with E-state index in [0.29, 0.717) is 11.3 Å². The lowest BCUT2D eigenvalue weighted by Gasteiger charge is -2.09. The van der Waals surface area contributed by atoms with E-state index in [1.807, 2.05) is 55.5 Å². The van der Waals surface area contributed by atoms with Gasteiger partial charge < -0.3 is 13.7 Å². The maximum absolute atomic E-state index is 11.8. The third-order valence-electron chi connectivity index (χ3n) is 5.40. The van der Waals surface area contributed by atoms with E-state index in [9.17, 15) is 17.8 Å². The topological polar surface area (TPSA) is 96.6 Å². The second kappa shape index (κ2) is 11.5. The number of fused-ring (bicyclic) bond motifs is 1. The minimum absolute atomic E-state index is 0.178. The molecule has 0 aliphatic carbocycles. The quantitative estimate of drug-likeness (QED) is 0.161. The highest BCUT2D eigenvalue weighted by Crippen LogP contribution is 2.34. The van der Waals surface area contributed by atoms with Crippen LogP contribution < -0.4 is 10.4 Å². The first kappa shape index (κ1) is 26.2. The maximum Gasteiger partial charge on any atom is 0.339 e. The van der Waals surface area contributed by atoms with Crippen LogP contribution in [0.4, 0.5) is 0 Å². The lowest BCUT2D eigenvalue weighted by molar-refractivity contribution is 0.413. The minimum atomic E-state index is -4.27. The van der Waals surface area contributed by atoms with E-state index in [1.165, 1.54) is 28.0 Å². The molecule has 188 valence electrons. The van der Waals surface area contributed by atoms with Gasteiger partial charge in [0.25, 0.3) is 0 Å². The highest BCUT2D eigenvalue weighted by Gasteiger charge is 2.29. The highest BCUT2D eigenvalue weighted by molar-refractivity contribution is 7.97. The van der Waals surface area contributed by atoms with Crippen LogP contribution in [0.15, 0.2) is 138 Å². The lowest BCUT2D eigenvalue weighted by atomic mass is 10.2. The van der Waals surface area contributed by atoms with Gasteiger partial charge in [-0.3, -0.25) is 0 Å². The molecule has 0 amide bonds. The molecule has 0 unspecified atom stereocenters. The van der Waals surface area contributed by atoms with Crippen LogP contribution in [0.25, 0.3) is 11.0 Å². The van der Waals surface area contributed by atoms with Crippen LogP contribution >= 0.6 is 0 Å². The summed E-state index contributed by atoms with van der Waals surface area (Å²) >= 11 is 0. The van der Waals surface area contributed by atoms with Gasteiger partial charge in [0.05, 0.1) is 34.4 Å². The Morgan fingerprint density at radius 2 is 1.32 bits per heavy atom. The molecule has 4 aromatic carbocycles. The monoisotopic (exact) mass is 532 g/mol. The molecule has 5 rings (SSSR count). The van der Waals surface area contributed by atoms with E-state index in [2.05, 4.69) is 30.3 Å². The highest BCUT2D eigenvalue weighted by atomic mass is 32.2. The molecule has 0 spiro atoms. The molecule has 0 aliphatic heterocycles. The second-order valence-corrected chi connectivity index (χ2v) is 11.4. The molecule has 0 bridgehead atoms. The Hall–Kier alpha value is -3.85. The average molecular weight is 533 g/mol. The van der Waals surface area contributed by atoms with E-state index < -0.39 is 15.7 Å². The van der Waals surface area contributed by atoms with Crippen LogP contribution in [0.2, 0.25) is 0 Å². The van der Waals surface area contributed by atoms with E-state index in [1.54, 1.807) is 19.2 Å². The summed E-state index contributed by atoms with van der Waals surface area (Å²) in [4.78, 5) is 15.2. The summed E-state index contributed by atoms with van der Waals surface area (Å²) in [6.45, 7) is 1.82. The lowest BCUT2D eigenvalue weighted by Crippen LogP contribution is -2.05. The number of benzene rings is 4. The normalized spacial score (nSPS) is 11.1. The number of rotatable bonds is 5. The van der Waals surface area contributed by atoms with Gasteiger partial charge in [-0.05, 0) is 55.5 Å². The van der Waals surface area contributed by atoms with Crippen LogP contribution in [-0.2, 0) is 21.0 Å². The van der Waals surface area contributed by atoms with Gasteiger partial charge in [-0.2, -0.15) is 0 Å². The molecule has 0 radical (unpaired) electrons. The standard InChI is InChI=1S/C22H17O3S.C7H8O3S/c1-24-20-15-22(23)25-21-14-18(12-13-19(20)21)26(16-8-4-2-5-9-16)17-10-6-3-7-11-17;1-6-2-4-7(5-3-6)11(8,9)10/h2-15H,1H3;2-5H,1H3,(H,8,9,10)/q+1;/p-1. The maximum atomic E-state index is 11.8. The van der Waals surface area contributed by atoms with E-state index in [-0.39, 0.29) is 15.8 Å². The Balaban J connectivity index is 0.000000245. The SMILES string of the molecule is COc1cc(=O)oc2cc([S+](c3ccccc3)c3ccccc3)ccc12.Cc1ccc(S(=O)(=O)[O-])cc1. The van der Waals surface area contributed by atoms with Gasteiger partial charge in [0.2, 0.25) is 0 Å². The first-order valence-electron chi connectivity index (χ1n) is 11.2. The van der Waals surface area contributed by atoms with Crippen molar-refractivity contribution in [2.24, 2.45) is 0 Å². The molecule has 8 heteroatoms. The van der Waals surface area contributed by atoms with Crippen molar-refractivity contribution >= 4 is 32.0 Å². The summed E-state index contributed by atoms with van der Waals surface area (Å²) in [5.74, 6) is 0.530. The van der Waals surface area contributed by atoms with Gasteiger partial charge >= 0.3 is 5.63 Å². The van der Waals surface area contributed by atoms with E-state index >= 15 is 0 Å². The predicted octanol–water partition coefficient (Wildman–Crippen LogP) is 5.80. The van der Waals surface area contributed by atoms with Crippen LogP contribution in [0.3, 0.4) is 0 Å². The zero-order chi connectivity index (χ0) is 26.4. The van der Waals surface area contributed by atoms with E-state index in [0.717, 1.165) is 15.8 Å². The van der Waals surface area contributed by atoms with Crippen molar-refractivity contribution in [1.29, 1.82) is 0 Å². The van der Waals surface area contributed by atoms with Crippen LogP contribution in [0, 0.1) is 6.92 Å². The second-order valence-electron chi connectivity index (χ2n) is 7.99. The molecule has 0 atom stereocenters. The molecule has 0 saturated heterocycles. The molecule has 37 heavy (non-hydrogen) atoms. The summed E-state index contributed by atoms with van der Waals surface area (Å²) in [5.41, 5.74) is 1.06. The Labute approximate surface area is 218 Å². The van der Waals surface area contributed by atoms with Crippen molar-refractivity contribution in [3.8, 4) is 5.75 Å². The molecule has 6 nitrogen and oxygen atoms in total.